The van der Waals surface area contributed by atoms with E-state index in [0.717, 1.165) is 22.6 Å². The molecule has 0 aliphatic carbocycles. The van der Waals surface area contributed by atoms with Gasteiger partial charge in [-0.1, -0.05) is 35.9 Å². The molecule has 0 amide bonds. The summed E-state index contributed by atoms with van der Waals surface area (Å²) in [5.41, 5.74) is 3.25. The minimum Gasteiger partial charge on any atom is -0.503 e. The minimum absolute atomic E-state index is 0.0131. The lowest BCUT2D eigenvalue weighted by Gasteiger charge is -2.11. The number of anilines is 2. The van der Waals surface area contributed by atoms with Crippen LogP contribution in [-0.4, -0.2) is 22.2 Å². The Kier molecular flexibility index (Phi) is 4.10. The van der Waals surface area contributed by atoms with Crippen molar-refractivity contribution in [2.75, 3.05) is 12.4 Å². The van der Waals surface area contributed by atoms with Crippen molar-refractivity contribution in [3.05, 3.63) is 60.4 Å². The third kappa shape index (κ3) is 3.23. The van der Waals surface area contributed by atoms with Crippen LogP contribution in [0, 0.1) is 6.92 Å². The van der Waals surface area contributed by atoms with Gasteiger partial charge in [-0.25, -0.2) is 9.97 Å². The minimum atomic E-state index is 0.0131. The number of hydrogen-bond acceptors (Lipinski definition) is 5. The lowest BCUT2D eigenvalue weighted by atomic mass is 10.1. The van der Waals surface area contributed by atoms with Crippen molar-refractivity contribution in [2.45, 2.75) is 6.92 Å². The molecule has 0 fully saturated rings. The van der Waals surface area contributed by atoms with E-state index in [1.807, 2.05) is 55.5 Å². The molecule has 1 heterocycles. The van der Waals surface area contributed by atoms with Crippen molar-refractivity contribution < 1.29 is 9.84 Å². The van der Waals surface area contributed by atoms with Crippen LogP contribution in [0.25, 0.3) is 11.3 Å². The lowest BCUT2D eigenvalue weighted by Crippen LogP contribution is -1.97. The average molecular weight is 307 g/mol. The third-order valence-corrected chi connectivity index (χ3v) is 3.48. The van der Waals surface area contributed by atoms with E-state index in [0.29, 0.717) is 11.5 Å². The number of rotatable bonds is 4. The second kappa shape index (κ2) is 6.36. The first-order valence-corrected chi connectivity index (χ1v) is 7.19. The van der Waals surface area contributed by atoms with Crippen LogP contribution in [0.3, 0.4) is 0 Å². The maximum Gasteiger partial charge on any atom is 0.185 e. The summed E-state index contributed by atoms with van der Waals surface area (Å²) in [5.74, 6) is 1.09. The van der Waals surface area contributed by atoms with Gasteiger partial charge < -0.3 is 15.2 Å². The number of nitrogens with zero attached hydrogens (tertiary/aromatic N) is 2. The van der Waals surface area contributed by atoms with Crippen molar-refractivity contribution >= 4 is 11.5 Å². The second-order valence-electron chi connectivity index (χ2n) is 5.14. The number of hydrogen-bond donors (Lipinski definition) is 2. The van der Waals surface area contributed by atoms with Crippen LogP contribution in [0.5, 0.6) is 11.5 Å². The van der Waals surface area contributed by atoms with Crippen molar-refractivity contribution in [3.8, 4) is 22.8 Å². The van der Waals surface area contributed by atoms with Crippen LogP contribution in [0.4, 0.5) is 11.5 Å². The van der Waals surface area contributed by atoms with E-state index in [1.54, 1.807) is 7.11 Å². The Morgan fingerprint density at radius 3 is 2.57 bits per heavy atom. The molecule has 0 unspecified atom stereocenters. The van der Waals surface area contributed by atoms with Crippen LogP contribution in [0.2, 0.25) is 0 Å². The highest BCUT2D eigenvalue weighted by Crippen LogP contribution is 2.33. The molecule has 5 heteroatoms. The topological polar surface area (TPSA) is 67.3 Å². The van der Waals surface area contributed by atoms with Gasteiger partial charge in [0.25, 0.3) is 0 Å². The zero-order valence-electron chi connectivity index (χ0n) is 12.9. The molecule has 116 valence electrons. The van der Waals surface area contributed by atoms with Gasteiger partial charge >= 0.3 is 0 Å². The zero-order valence-corrected chi connectivity index (χ0v) is 12.9. The van der Waals surface area contributed by atoms with Gasteiger partial charge in [-0.15, -0.1) is 0 Å². The summed E-state index contributed by atoms with van der Waals surface area (Å²) >= 11 is 0. The van der Waals surface area contributed by atoms with Gasteiger partial charge in [-0.2, -0.15) is 0 Å². The molecule has 2 aromatic carbocycles. The van der Waals surface area contributed by atoms with Crippen molar-refractivity contribution in [3.63, 3.8) is 0 Å². The fourth-order valence-corrected chi connectivity index (χ4v) is 2.23. The summed E-state index contributed by atoms with van der Waals surface area (Å²) in [6.07, 6.45) is 1.43. The second-order valence-corrected chi connectivity index (χ2v) is 5.14. The molecule has 3 rings (SSSR count). The maximum absolute atomic E-state index is 10.5. The molecule has 0 bridgehead atoms. The SMILES string of the molecule is COc1cccc(Nc2ncnc(-c3ccc(C)cc3)c2O)c1. The first-order chi connectivity index (χ1) is 11.2. The average Bonchev–Trinajstić information content (AvgIpc) is 2.58. The molecule has 3 aromatic rings. The number of methoxy groups -OCH3 is 1. The van der Waals surface area contributed by atoms with Gasteiger partial charge in [0.15, 0.2) is 11.6 Å². The first-order valence-electron chi connectivity index (χ1n) is 7.19. The summed E-state index contributed by atoms with van der Waals surface area (Å²) in [7, 11) is 1.61. The molecule has 0 saturated heterocycles. The Morgan fingerprint density at radius 2 is 1.83 bits per heavy atom. The number of aromatic nitrogens is 2. The smallest absolute Gasteiger partial charge is 0.185 e. The Morgan fingerprint density at radius 1 is 1.04 bits per heavy atom. The Bertz CT molecular complexity index is 817. The van der Waals surface area contributed by atoms with E-state index in [-0.39, 0.29) is 5.75 Å². The quantitative estimate of drug-likeness (QED) is 0.765. The third-order valence-electron chi connectivity index (χ3n) is 3.48. The number of aromatic hydroxyl groups is 1. The van der Waals surface area contributed by atoms with E-state index < -0.39 is 0 Å². The van der Waals surface area contributed by atoms with Crippen LogP contribution in [0.15, 0.2) is 54.9 Å². The van der Waals surface area contributed by atoms with Crippen molar-refractivity contribution in [1.82, 2.24) is 9.97 Å². The lowest BCUT2D eigenvalue weighted by molar-refractivity contribution is 0.415. The van der Waals surface area contributed by atoms with Gasteiger partial charge in [0.1, 0.15) is 17.8 Å². The number of nitrogens with one attached hydrogen (secondary N) is 1. The molecule has 0 aliphatic heterocycles. The van der Waals surface area contributed by atoms with Gasteiger partial charge in [0.2, 0.25) is 0 Å². The summed E-state index contributed by atoms with van der Waals surface area (Å²) in [6.45, 7) is 2.01. The highest BCUT2D eigenvalue weighted by molar-refractivity contribution is 5.74. The van der Waals surface area contributed by atoms with E-state index >= 15 is 0 Å². The Balaban J connectivity index is 1.94. The largest absolute Gasteiger partial charge is 0.503 e. The van der Waals surface area contributed by atoms with Crippen LogP contribution in [0.1, 0.15) is 5.56 Å². The first kappa shape index (κ1) is 14.8. The van der Waals surface area contributed by atoms with E-state index in [4.69, 9.17) is 4.74 Å². The molecular formula is C18H17N3O2. The molecule has 5 nitrogen and oxygen atoms in total. The van der Waals surface area contributed by atoms with Crippen LogP contribution >= 0.6 is 0 Å². The highest BCUT2D eigenvalue weighted by atomic mass is 16.5. The summed E-state index contributed by atoms with van der Waals surface area (Å²) in [5, 5.41) is 13.6. The van der Waals surface area contributed by atoms with Crippen molar-refractivity contribution in [2.24, 2.45) is 0 Å². The van der Waals surface area contributed by atoms with E-state index in [2.05, 4.69) is 15.3 Å². The number of ether oxygens (including phenoxy) is 1. The fourth-order valence-electron chi connectivity index (χ4n) is 2.23. The molecular weight excluding hydrogens is 290 g/mol. The normalized spacial score (nSPS) is 10.3. The molecule has 0 atom stereocenters. The van der Waals surface area contributed by atoms with Gasteiger partial charge in [-0.05, 0) is 19.1 Å². The molecule has 23 heavy (non-hydrogen) atoms. The number of aryl methyl sites for hydroxylation is 1. The molecule has 0 saturated carbocycles. The van der Waals surface area contributed by atoms with Gasteiger partial charge in [-0.3, -0.25) is 0 Å². The molecule has 0 aliphatic rings. The summed E-state index contributed by atoms with van der Waals surface area (Å²) in [6, 6.07) is 15.2. The molecule has 0 spiro atoms. The predicted molar refractivity (Wildman–Crippen MR) is 90.1 cm³/mol. The molecule has 0 radical (unpaired) electrons. The van der Waals surface area contributed by atoms with Gasteiger partial charge in [0.05, 0.1) is 7.11 Å². The monoisotopic (exact) mass is 307 g/mol. The Hall–Kier alpha value is -3.08. The summed E-state index contributed by atoms with van der Waals surface area (Å²) in [4.78, 5) is 8.31. The Labute approximate surface area is 134 Å². The number of benzene rings is 2. The van der Waals surface area contributed by atoms with Crippen LogP contribution in [-0.2, 0) is 0 Å². The maximum atomic E-state index is 10.5. The highest BCUT2D eigenvalue weighted by Gasteiger charge is 2.12. The van der Waals surface area contributed by atoms with Crippen LogP contribution < -0.4 is 10.1 Å². The standard InChI is InChI=1S/C18H17N3O2/c1-12-6-8-13(9-7-12)16-17(22)18(20-11-19-16)21-14-4-3-5-15(10-14)23-2/h3-11,22H,1-2H3,(H,19,20,21). The molecule has 1 aromatic heterocycles. The van der Waals surface area contributed by atoms with Gasteiger partial charge in [0, 0.05) is 17.3 Å². The fraction of sp³-hybridized carbons (Fsp3) is 0.111. The summed E-state index contributed by atoms with van der Waals surface area (Å²) < 4.78 is 5.19. The van der Waals surface area contributed by atoms with E-state index in [9.17, 15) is 5.11 Å². The zero-order chi connectivity index (χ0) is 16.2. The van der Waals surface area contributed by atoms with Crippen molar-refractivity contribution in [1.29, 1.82) is 0 Å². The predicted octanol–water partition coefficient (Wildman–Crippen LogP) is 3.91. The van der Waals surface area contributed by atoms with E-state index in [1.165, 1.54) is 6.33 Å². The molecule has 2 N–H and O–H groups in total.